The lowest BCUT2D eigenvalue weighted by atomic mass is 10.1. The fraction of sp³-hybridized carbons (Fsp3) is 0.300. The van der Waals surface area contributed by atoms with Gasteiger partial charge in [0, 0.05) is 18.2 Å². The smallest absolute Gasteiger partial charge is 0.251 e. The van der Waals surface area contributed by atoms with E-state index in [1.54, 1.807) is 30.3 Å². The summed E-state index contributed by atoms with van der Waals surface area (Å²) in [7, 11) is 0. The van der Waals surface area contributed by atoms with Gasteiger partial charge in [-0.1, -0.05) is 25.1 Å². The Balaban J connectivity index is 1.60. The van der Waals surface area contributed by atoms with Crippen LogP contribution in [0.5, 0.6) is 0 Å². The van der Waals surface area contributed by atoms with Gasteiger partial charge in [-0.2, -0.15) is 5.26 Å². The average molecular weight is 366 g/mol. The fourth-order valence-corrected chi connectivity index (χ4v) is 2.69. The molecule has 0 aliphatic heterocycles. The second-order valence-electron chi connectivity index (χ2n) is 6.24. The Morgan fingerprint density at radius 3 is 2.74 bits per heavy atom. The normalized spacial score (nSPS) is 15.1. The lowest BCUT2D eigenvalue weighted by Gasteiger charge is -2.17. The number of aliphatic imine (C=N–C) groups is 1. The van der Waals surface area contributed by atoms with Crippen LogP contribution in [0.15, 0.2) is 47.6 Å². The van der Waals surface area contributed by atoms with Crippen molar-refractivity contribution in [2.45, 2.75) is 31.8 Å². The lowest BCUT2D eigenvalue weighted by Crippen LogP contribution is -2.34. The predicted octanol–water partition coefficient (Wildman–Crippen LogP) is 3.35. The average Bonchev–Trinajstić information content (AvgIpc) is 3.48. The maximum atomic E-state index is 14.0. The molecule has 3 rings (SSSR count). The molecule has 0 bridgehead atoms. The molecule has 1 aromatic heterocycles. The van der Waals surface area contributed by atoms with Gasteiger partial charge in [-0.05, 0) is 31.0 Å². The summed E-state index contributed by atoms with van der Waals surface area (Å²) in [5.41, 5.74) is 0.220. The third-order valence-corrected chi connectivity index (χ3v) is 4.29. The number of nitrogens with zero attached hydrogens (tertiary/aromatic N) is 3. The number of hydrogen-bond acceptors (Lipinski definition) is 5. The van der Waals surface area contributed by atoms with Gasteiger partial charge in [-0.25, -0.2) is 14.4 Å². The van der Waals surface area contributed by atoms with Crippen LogP contribution in [0.4, 0.5) is 10.2 Å². The van der Waals surface area contributed by atoms with Crippen LogP contribution in [0.1, 0.15) is 37.3 Å². The highest BCUT2D eigenvalue weighted by atomic mass is 19.1. The van der Waals surface area contributed by atoms with Gasteiger partial charge in [0.2, 0.25) is 0 Å². The van der Waals surface area contributed by atoms with Gasteiger partial charge in [0.1, 0.15) is 24.3 Å². The number of hydrogen-bond donors (Lipinski definition) is 1. The number of rotatable bonds is 6. The molecule has 0 unspecified atom stereocenters. The highest BCUT2D eigenvalue weighted by Crippen LogP contribution is 2.49. The van der Waals surface area contributed by atoms with E-state index in [1.807, 2.05) is 13.0 Å². The molecule has 1 saturated carbocycles. The van der Waals surface area contributed by atoms with E-state index in [0.29, 0.717) is 42.0 Å². The molecule has 138 valence electrons. The maximum Gasteiger partial charge on any atom is 0.251 e. The Morgan fingerprint density at radius 1 is 1.37 bits per heavy atom. The Morgan fingerprint density at radius 2 is 2.15 bits per heavy atom. The molecule has 2 aromatic rings. The molecule has 6 nitrogen and oxygen atoms in total. The highest BCUT2D eigenvalue weighted by molar-refractivity contribution is 5.99. The van der Waals surface area contributed by atoms with E-state index < -0.39 is 5.60 Å². The van der Waals surface area contributed by atoms with Crippen molar-refractivity contribution < 1.29 is 13.9 Å². The molecule has 7 heteroatoms. The molecule has 1 amide bonds. The van der Waals surface area contributed by atoms with E-state index in [1.165, 1.54) is 12.3 Å². The summed E-state index contributed by atoms with van der Waals surface area (Å²) in [6, 6.07) is 11.7. The zero-order valence-corrected chi connectivity index (χ0v) is 14.9. The van der Waals surface area contributed by atoms with Crippen LogP contribution in [-0.4, -0.2) is 23.3 Å². The molecule has 1 aliphatic rings. The third-order valence-electron chi connectivity index (χ3n) is 4.29. The summed E-state index contributed by atoms with van der Waals surface area (Å²) in [4.78, 5) is 20.5. The largest absolute Gasteiger partial charge is 0.360 e. The molecular formula is C20H19FN4O2. The third kappa shape index (κ3) is 4.54. The number of nitrogens with one attached hydrogen (secondary N) is 1. The number of pyridine rings is 1. The van der Waals surface area contributed by atoms with Crippen LogP contribution in [0, 0.1) is 17.1 Å². The molecule has 1 heterocycles. The van der Waals surface area contributed by atoms with Crippen LogP contribution >= 0.6 is 0 Å². The molecule has 1 N–H and O–H groups in total. The van der Waals surface area contributed by atoms with E-state index in [9.17, 15) is 9.18 Å². The first kappa shape index (κ1) is 18.7. The highest BCUT2D eigenvalue weighted by Gasteiger charge is 2.47. The van der Waals surface area contributed by atoms with Crippen LogP contribution in [0.25, 0.3) is 0 Å². The molecule has 27 heavy (non-hydrogen) atoms. The van der Waals surface area contributed by atoms with E-state index >= 15 is 0 Å². The molecule has 0 atom stereocenters. The van der Waals surface area contributed by atoms with E-state index in [4.69, 9.17) is 10.00 Å². The van der Waals surface area contributed by atoms with Gasteiger partial charge in [-0.3, -0.25) is 4.79 Å². The van der Waals surface area contributed by atoms with Crippen LogP contribution in [0.3, 0.4) is 0 Å². The van der Waals surface area contributed by atoms with Gasteiger partial charge in [-0.15, -0.1) is 0 Å². The molecule has 1 aliphatic carbocycles. The maximum absolute atomic E-state index is 14.0. The molecule has 0 radical (unpaired) electrons. The minimum atomic E-state index is -0.707. The molecule has 1 fully saturated rings. The number of amidine groups is 1. The minimum Gasteiger partial charge on any atom is -0.360 e. The fourth-order valence-electron chi connectivity index (χ4n) is 2.69. The van der Waals surface area contributed by atoms with Crippen molar-refractivity contribution in [2.75, 3.05) is 6.61 Å². The van der Waals surface area contributed by atoms with Gasteiger partial charge in [0.05, 0.1) is 11.2 Å². The van der Waals surface area contributed by atoms with Crippen molar-refractivity contribution in [1.29, 1.82) is 5.26 Å². The minimum absolute atomic E-state index is 0.186. The first-order valence-electron chi connectivity index (χ1n) is 8.69. The number of carbonyl (C=O) groups is 1. The first-order chi connectivity index (χ1) is 13.1. The van der Waals surface area contributed by atoms with E-state index in [-0.39, 0.29) is 18.3 Å². The Labute approximate surface area is 156 Å². The zero-order chi connectivity index (χ0) is 19.3. The van der Waals surface area contributed by atoms with Gasteiger partial charge < -0.3 is 10.1 Å². The topological polar surface area (TPSA) is 87.4 Å². The van der Waals surface area contributed by atoms with Crippen LogP contribution in [0.2, 0.25) is 0 Å². The number of aromatic nitrogens is 1. The van der Waals surface area contributed by atoms with Crippen molar-refractivity contribution in [2.24, 2.45) is 4.99 Å². The van der Waals surface area contributed by atoms with Crippen molar-refractivity contribution >= 4 is 17.6 Å². The summed E-state index contributed by atoms with van der Waals surface area (Å²) in [6.45, 7) is 1.67. The Kier molecular flexibility index (Phi) is 5.57. The van der Waals surface area contributed by atoms with Crippen LogP contribution < -0.4 is 5.32 Å². The van der Waals surface area contributed by atoms with Gasteiger partial charge in [0.25, 0.3) is 5.91 Å². The molecular weight excluding hydrogens is 347 g/mol. The zero-order valence-electron chi connectivity index (χ0n) is 14.9. The lowest BCUT2D eigenvalue weighted by molar-refractivity contribution is -0.127. The summed E-state index contributed by atoms with van der Waals surface area (Å²) >= 11 is 0. The first-order valence-corrected chi connectivity index (χ1v) is 8.69. The number of benzene rings is 1. The quantitative estimate of drug-likeness (QED) is 0.627. The summed E-state index contributed by atoms with van der Waals surface area (Å²) < 4.78 is 19.7. The molecule has 1 aromatic carbocycles. The van der Waals surface area contributed by atoms with Crippen molar-refractivity contribution in [3.63, 3.8) is 0 Å². The number of halogens is 1. The standard InChI is InChI=1S/C20H19FN4O2/c1-2-17(24-18-8-7-14(11-22)12-23-18)25-19(26)13-27-20(9-10-20)15-5-3-4-6-16(15)21/h3-8,12H,2,9-10,13H2,1H3,(H,23,24,25,26). The van der Waals surface area contributed by atoms with Crippen molar-refractivity contribution in [3.05, 3.63) is 59.5 Å². The Bertz CT molecular complexity index is 899. The molecule has 0 saturated heterocycles. The van der Waals surface area contributed by atoms with Gasteiger partial charge >= 0.3 is 0 Å². The van der Waals surface area contributed by atoms with Crippen molar-refractivity contribution in [3.8, 4) is 6.07 Å². The number of carbonyl (C=O) groups excluding carboxylic acids is 1. The number of ether oxygens (including phenoxy) is 1. The number of nitriles is 1. The van der Waals surface area contributed by atoms with Crippen LogP contribution in [-0.2, 0) is 15.1 Å². The monoisotopic (exact) mass is 366 g/mol. The molecule has 0 spiro atoms. The summed E-state index contributed by atoms with van der Waals surface area (Å²) in [5, 5.41) is 11.5. The second-order valence-corrected chi connectivity index (χ2v) is 6.24. The Hall–Kier alpha value is -3.11. The summed E-state index contributed by atoms with van der Waals surface area (Å²) in [5.74, 6) is 0.165. The van der Waals surface area contributed by atoms with E-state index in [0.717, 1.165) is 0 Å². The summed E-state index contributed by atoms with van der Waals surface area (Å²) in [6.07, 6.45) is 3.28. The van der Waals surface area contributed by atoms with Crippen molar-refractivity contribution in [1.82, 2.24) is 10.3 Å². The second kappa shape index (κ2) is 8.06. The predicted molar refractivity (Wildman–Crippen MR) is 97.7 cm³/mol. The van der Waals surface area contributed by atoms with E-state index in [2.05, 4.69) is 15.3 Å². The number of amides is 1. The van der Waals surface area contributed by atoms with Gasteiger partial charge in [0.15, 0.2) is 5.82 Å². The SMILES string of the molecule is CCC(=Nc1ccc(C#N)cn1)NC(=O)COC1(c2ccccc2F)CC1.